The molecule has 0 aliphatic carbocycles. The lowest BCUT2D eigenvalue weighted by Gasteiger charge is -2.01. The number of nitrogens with two attached hydrogens (primary N) is 1. The van der Waals surface area contributed by atoms with Gasteiger partial charge in [0.2, 0.25) is 0 Å². The van der Waals surface area contributed by atoms with Crippen molar-refractivity contribution >= 4 is 28.9 Å². The molecule has 0 fully saturated rings. The van der Waals surface area contributed by atoms with Crippen molar-refractivity contribution in [1.82, 2.24) is 0 Å². The van der Waals surface area contributed by atoms with Crippen molar-refractivity contribution < 1.29 is 8.78 Å². The number of hydrogen-bond donors (Lipinski definition) is 1. The highest BCUT2D eigenvalue weighted by Crippen LogP contribution is 2.29. The molecule has 1 nitrogen and oxygen atoms in total. The Morgan fingerprint density at radius 3 is 2.27 bits per heavy atom. The molecule has 0 saturated heterocycles. The largest absolute Gasteiger partial charge is 0.396 e. The van der Waals surface area contributed by atoms with E-state index in [1.54, 1.807) is 0 Å². The Labute approximate surface area is 71.7 Å². The first-order valence-electron chi connectivity index (χ1n) is 2.62. The van der Waals surface area contributed by atoms with E-state index in [9.17, 15) is 8.78 Å². The maximum Gasteiger partial charge on any atom is 0.183 e. The summed E-state index contributed by atoms with van der Waals surface area (Å²) in [4.78, 5) is 0. The highest BCUT2D eigenvalue weighted by Gasteiger charge is 2.13. The van der Waals surface area contributed by atoms with E-state index < -0.39 is 16.7 Å². The Bertz CT molecular complexity index is 275. The summed E-state index contributed by atoms with van der Waals surface area (Å²) in [6, 6.07) is 1.06. The summed E-state index contributed by atoms with van der Waals surface area (Å²) in [5, 5.41) is -0.540. The Kier molecular flexibility index (Phi) is 2.20. The SMILES string of the molecule is Nc1cc(Cl)c(Cl)c(F)c1F. The van der Waals surface area contributed by atoms with Crippen LogP contribution >= 0.6 is 23.2 Å². The smallest absolute Gasteiger partial charge is 0.183 e. The van der Waals surface area contributed by atoms with Gasteiger partial charge in [-0.3, -0.25) is 0 Å². The first-order chi connectivity index (χ1) is 5.04. The lowest BCUT2D eigenvalue weighted by atomic mass is 10.3. The molecule has 1 rings (SSSR count). The van der Waals surface area contributed by atoms with Gasteiger partial charge in [-0.15, -0.1) is 0 Å². The number of rotatable bonds is 0. The zero-order valence-corrected chi connectivity index (χ0v) is 6.68. The third-order valence-electron chi connectivity index (χ3n) is 1.13. The van der Waals surface area contributed by atoms with E-state index in [1.165, 1.54) is 0 Å². The number of benzene rings is 1. The standard InChI is InChI=1S/C6H3Cl2F2N/c7-2-1-3(11)5(9)6(10)4(2)8/h1H,11H2. The van der Waals surface area contributed by atoms with Crippen LogP contribution in [-0.4, -0.2) is 0 Å². The van der Waals surface area contributed by atoms with Crippen molar-refractivity contribution in [3.8, 4) is 0 Å². The second-order valence-electron chi connectivity index (χ2n) is 1.89. The van der Waals surface area contributed by atoms with Crippen molar-refractivity contribution in [3.63, 3.8) is 0 Å². The van der Waals surface area contributed by atoms with Crippen LogP contribution in [0.2, 0.25) is 10.0 Å². The number of nitrogen functional groups attached to an aromatic ring is 1. The lowest BCUT2D eigenvalue weighted by molar-refractivity contribution is 0.512. The summed E-state index contributed by atoms with van der Waals surface area (Å²) >= 11 is 10.6. The molecule has 60 valence electrons. The first-order valence-corrected chi connectivity index (χ1v) is 3.38. The van der Waals surface area contributed by atoms with Gasteiger partial charge < -0.3 is 5.73 Å². The van der Waals surface area contributed by atoms with E-state index in [1.807, 2.05) is 0 Å². The molecule has 5 heteroatoms. The summed E-state index contributed by atoms with van der Waals surface area (Å²) in [5.74, 6) is -2.38. The monoisotopic (exact) mass is 197 g/mol. The van der Waals surface area contributed by atoms with Crippen molar-refractivity contribution in [2.75, 3.05) is 5.73 Å². The van der Waals surface area contributed by atoms with Crippen LogP contribution in [0.3, 0.4) is 0 Å². The Morgan fingerprint density at radius 1 is 1.18 bits per heavy atom. The van der Waals surface area contributed by atoms with Crippen LogP contribution in [0.25, 0.3) is 0 Å². The van der Waals surface area contributed by atoms with Crippen molar-refractivity contribution in [3.05, 3.63) is 27.7 Å². The lowest BCUT2D eigenvalue weighted by Crippen LogP contribution is -1.95. The fraction of sp³-hybridized carbons (Fsp3) is 0. The maximum atomic E-state index is 12.6. The van der Waals surface area contributed by atoms with Gasteiger partial charge in [0.15, 0.2) is 11.6 Å². The van der Waals surface area contributed by atoms with E-state index in [0.29, 0.717) is 0 Å². The summed E-state index contributed by atoms with van der Waals surface area (Å²) in [6.07, 6.45) is 0. The Balaban J connectivity index is 3.46. The van der Waals surface area contributed by atoms with Gasteiger partial charge in [-0.2, -0.15) is 0 Å². The Morgan fingerprint density at radius 2 is 1.73 bits per heavy atom. The van der Waals surface area contributed by atoms with E-state index in [4.69, 9.17) is 28.9 Å². The third-order valence-corrected chi connectivity index (χ3v) is 1.90. The maximum absolute atomic E-state index is 12.6. The van der Waals surface area contributed by atoms with Gasteiger partial charge in [0.05, 0.1) is 15.7 Å². The molecule has 0 atom stereocenters. The number of anilines is 1. The van der Waals surface area contributed by atoms with Gasteiger partial charge in [0, 0.05) is 0 Å². The van der Waals surface area contributed by atoms with E-state index >= 15 is 0 Å². The predicted molar refractivity (Wildman–Crippen MR) is 40.8 cm³/mol. The first kappa shape index (κ1) is 8.56. The highest BCUT2D eigenvalue weighted by molar-refractivity contribution is 6.42. The highest BCUT2D eigenvalue weighted by atomic mass is 35.5. The van der Waals surface area contributed by atoms with Crippen LogP contribution in [0, 0.1) is 11.6 Å². The van der Waals surface area contributed by atoms with Gasteiger partial charge in [0.1, 0.15) is 0 Å². The quantitative estimate of drug-likeness (QED) is 0.387. The molecule has 0 saturated carbocycles. The van der Waals surface area contributed by atoms with Gasteiger partial charge in [-0.05, 0) is 6.07 Å². The molecule has 0 aromatic heterocycles. The molecule has 2 N–H and O–H groups in total. The Hall–Kier alpha value is -0.540. The second kappa shape index (κ2) is 2.83. The van der Waals surface area contributed by atoms with E-state index in [2.05, 4.69) is 0 Å². The van der Waals surface area contributed by atoms with Gasteiger partial charge >= 0.3 is 0 Å². The average molecular weight is 198 g/mol. The molecule has 0 aliphatic rings. The molecule has 0 radical (unpaired) electrons. The van der Waals surface area contributed by atoms with Crippen molar-refractivity contribution in [1.29, 1.82) is 0 Å². The molecular weight excluding hydrogens is 195 g/mol. The van der Waals surface area contributed by atoms with Crippen LogP contribution in [-0.2, 0) is 0 Å². The second-order valence-corrected chi connectivity index (χ2v) is 2.67. The fourth-order valence-electron chi connectivity index (χ4n) is 0.591. The molecular formula is C6H3Cl2F2N. The zero-order chi connectivity index (χ0) is 8.59. The molecule has 1 aromatic carbocycles. The van der Waals surface area contributed by atoms with Crippen molar-refractivity contribution in [2.45, 2.75) is 0 Å². The van der Waals surface area contributed by atoms with Gasteiger partial charge in [0.25, 0.3) is 0 Å². The van der Waals surface area contributed by atoms with Crippen LogP contribution in [0.1, 0.15) is 0 Å². The molecule has 0 spiro atoms. The third kappa shape index (κ3) is 1.39. The van der Waals surface area contributed by atoms with Crippen LogP contribution < -0.4 is 5.73 Å². The molecule has 0 heterocycles. The molecule has 0 unspecified atom stereocenters. The molecule has 0 bridgehead atoms. The summed E-state index contributed by atoms with van der Waals surface area (Å²) in [5.41, 5.74) is 4.68. The molecule has 11 heavy (non-hydrogen) atoms. The molecule has 0 aliphatic heterocycles. The van der Waals surface area contributed by atoms with E-state index in [0.717, 1.165) is 6.07 Å². The fourth-order valence-corrected chi connectivity index (χ4v) is 0.929. The number of halogens is 4. The van der Waals surface area contributed by atoms with Gasteiger partial charge in [-0.1, -0.05) is 23.2 Å². The minimum absolute atomic E-state index is 0.0944. The molecule has 0 amide bonds. The van der Waals surface area contributed by atoms with Crippen LogP contribution in [0.5, 0.6) is 0 Å². The molecule has 1 aromatic rings. The summed E-state index contributed by atoms with van der Waals surface area (Å²) in [6.45, 7) is 0. The minimum Gasteiger partial charge on any atom is -0.396 e. The average Bonchev–Trinajstić information content (AvgIpc) is 1.97. The van der Waals surface area contributed by atoms with Crippen LogP contribution in [0.4, 0.5) is 14.5 Å². The topological polar surface area (TPSA) is 26.0 Å². The predicted octanol–water partition coefficient (Wildman–Crippen LogP) is 2.85. The van der Waals surface area contributed by atoms with E-state index in [-0.39, 0.29) is 10.7 Å². The minimum atomic E-state index is -1.21. The van der Waals surface area contributed by atoms with Crippen molar-refractivity contribution in [2.24, 2.45) is 0 Å². The van der Waals surface area contributed by atoms with Gasteiger partial charge in [-0.25, -0.2) is 8.78 Å². The summed E-state index contributed by atoms with van der Waals surface area (Å²) in [7, 11) is 0. The normalized spacial score (nSPS) is 10.2. The van der Waals surface area contributed by atoms with Crippen LogP contribution in [0.15, 0.2) is 6.07 Å². The summed E-state index contributed by atoms with van der Waals surface area (Å²) < 4.78 is 25.1. The number of hydrogen-bond acceptors (Lipinski definition) is 1. The zero-order valence-electron chi connectivity index (χ0n) is 5.17.